The van der Waals surface area contributed by atoms with Crippen molar-refractivity contribution in [3.63, 3.8) is 0 Å². The molecular weight excluding hydrogens is 287 g/mol. The Kier molecular flexibility index (Phi) is 6.19. The Morgan fingerprint density at radius 2 is 1.58 bits per heavy atom. The van der Waals surface area contributed by atoms with Crippen molar-refractivity contribution in [3.8, 4) is 11.5 Å². The highest BCUT2D eigenvalue weighted by Gasteiger charge is 2.13. The summed E-state index contributed by atoms with van der Waals surface area (Å²) in [4.78, 5) is 11.9. The number of phenols is 2. The zero-order chi connectivity index (χ0) is 14.3. The molecule has 0 saturated heterocycles. The van der Waals surface area contributed by atoms with Gasteiger partial charge >= 0.3 is 0 Å². The van der Waals surface area contributed by atoms with E-state index in [4.69, 9.17) is 28.3 Å². The van der Waals surface area contributed by atoms with Gasteiger partial charge in [0.2, 0.25) is 0 Å². The molecule has 0 aliphatic heterocycles. The molecule has 0 aliphatic carbocycles. The fraction of sp³-hybridized carbons (Fsp3) is 0.0714. The minimum atomic E-state index is -0.266. The van der Waals surface area contributed by atoms with E-state index in [-0.39, 0.29) is 28.2 Å². The number of ketones is 1. The van der Waals surface area contributed by atoms with Crippen LogP contribution >= 0.6 is 23.2 Å². The summed E-state index contributed by atoms with van der Waals surface area (Å²) in [5, 5.41) is 18.9. The van der Waals surface area contributed by atoms with Crippen molar-refractivity contribution >= 4 is 29.0 Å². The van der Waals surface area contributed by atoms with Crippen molar-refractivity contribution in [1.82, 2.24) is 0 Å². The van der Waals surface area contributed by atoms with Crippen molar-refractivity contribution in [3.05, 3.63) is 59.7 Å². The molecule has 2 N–H and O–H groups in total. The quantitative estimate of drug-likeness (QED) is 0.656. The van der Waals surface area contributed by atoms with Crippen LogP contribution in [0.5, 0.6) is 11.5 Å². The average molecular weight is 299 g/mol. The molecule has 0 saturated carbocycles. The van der Waals surface area contributed by atoms with Crippen LogP contribution in [0.1, 0.15) is 15.9 Å². The lowest BCUT2D eigenvalue weighted by Gasteiger charge is -2.04. The summed E-state index contributed by atoms with van der Waals surface area (Å²) in [5.74, 6) is -0.547. The zero-order valence-corrected chi connectivity index (χ0v) is 11.4. The molecule has 0 radical (unpaired) electrons. The number of benzene rings is 2. The van der Waals surface area contributed by atoms with E-state index in [2.05, 4.69) is 0 Å². The van der Waals surface area contributed by atoms with Crippen molar-refractivity contribution in [1.29, 1.82) is 0 Å². The molecule has 3 nitrogen and oxygen atoms in total. The molecule has 2 rings (SSSR count). The maximum atomic E-state index is 11.9. The summed E-state index contributed by atoms with van der Waals surface area (Å²) >= 11 is 9.53. The highest BCUT2D eigenvalue weighted by Crippen LogP contribution is 2.24. The van der Waals surface area contributed by atoms with Gasteiger partial charge < -0.3 is 10.2 Å². The van der Waals surface area contributed by atoms with Crippen LogP contribution in [0.25, 0.3) is 0 Å². The van der Waals surface area contributed by atoms with Gasteiger partial charge in [0.1, 0.15) is 11.5 Å². The number of hydrogen-bond acceptors (Lipinski definition) is 3. The second kappa shape index (κ2) is 7.67. The Morgan fingerprint density at radius 1 is 1.00 bits per heavy atom. The summed E-state index contributed by atoms with van der Waals surface area (Å²) in [6.07, 6.45) is 0. The summed E-state index contributed by atoms with van der Waals surface area (Å²) in [6.45, 7) is 0. The van der Waals surface area contributed by atoms with Crippen molar-refractivity contribution in [2.45, 2.75) is 0 Å². The van der Waals surface area contributed by atoms with Gasteiger partial charge in [-0.3, -0.25) is 4.79 Å². The van der Waals surface area contributed by atoms with Crippen LogP contribution < -0.4 is 0 Å². The molecule has 5 heteroatoms. The molecule has 0 spiro atoms. The van der Waals surface area contributed by atoms with Crippen molar-refractivity contribution in [2.24, 2.45) is 0 Å². The molecule has 2 aromatic carbocycles. The fourth-order valence-electron chi connectivity index (χ4n) is 1.46. The molecule has 0 bridgehead atoms. The van der Waals surface area contributed by atoms with Crippen LogP contribution in [-0.4, -0.2) is 21.3 Å². The van der Waals surface area contributed by atoms with E-state index < -0.39 is 0 Å². The van der Waals surface area contributed by atoms with Crippen LogP contribution in [0.3, 0.4) is 0 Å². The van der Waals surface area contributed by atoms with Gasteiger partial charge in [-0.05, 0) is 12.1 Å². The number of halogens is 2. The van der Waals surface area contributed by atoms with Gasteiger partial charge in [0.05, 0.1) is 10.9 Å². The number of phenolic OH excluding ortho intramolecular Hbond substituents is 2. The van der Waals surface area contributed by atoms with Gasteiger partial charge in [0, 0.05) is 11.6 Å². The lowest BCUT2D eigenvalue weighted by atomic mass is 10.0. The number of carbonyl (C=O) groups is 1. The van der Waals surface area contributed by atoms with Crippen molar-refractivity contribution in [2.75, 3.05) is 5.34 Å². The molecule has 0 aliphatic rings. The minimum Gasteiger partial charge on any atom is -0.508 e. The number of aromatic hydroxyl groups is 2. The Hall–Kier alpha value is -1.71. The Morgan fingerprint density at radius 3 is 2.11 bits per heavy atom. The normalized spacial score (nSPS) is 9.37. The Balaban J connectivity index is 0.000000550. The number of alkyl halides is 2. The van der Waals surface area contributed by atoms with Gasteiger partial charge in [-0.2, -0.15) is 0 Å². The lowest BCUT2D eigenvalue weighted by Crippen LogP contribution is -2.00. The fourth-order valence-corrected chi connectivity index (χ4v) is 1.46. The third-order valence-electron chi connectivity index (χ3n) is 2.26. The minimum absolute atomic E-state index is 0.0675. The molecule has 100 valence electrons. The predicted molar refractivity (Wildman–Crippen MR) is 76.2 cm³/mol. The molecule has 19 heavy (non-hydrogen) atoms. The van der Waals surface area contributed by atoms with Gasteiger partial charge in [-0.1, -0.05) is 30.3 Å². The highest BCUT2D eigenvalue weighted by molar-refractivity contribution is 6.40. The summed E-state index contributed by atoms with van der Waals surface area (Å²) in [7, 11) is 0. The summed E-state index contributed by atoms with van der Waals surface area (Å²) in [6, 6.07) is 12.6. The van der Waals surface area contributed by atoms with E-state index in [1.54, 1.807) is 24.3 Å². The van der Waals surface area contributed by atoms with Crippen LogP contribution in [0.15, 0.2) is 48.5 Å². The zero-order valence-electron chi connectivity index (χ0n) is 9.88. The number of hydrogen-bond donors (Lipinski definition) is 2. The highest BCUT2D eigenvalue weighted by atomic mass is 35.5. The van der Waals surface area contributed by atoms with Crippen LogP contribution in [0, 0.1) is 0 Å². The molecular formula is C14H12Cl2O3. The van der Waals surface area contributed by atoms with E-state index in [0.717, 1.165) is 6.07 Å². The summed E-state index contributed by atoms with van der Waals surface area (Å²) < 4.78 is 0. The van der Waals surface area contributed by atoms with E-state index in [9.17, 15) is 9.90 Å². The van der Waals surface area contributed by atoms with Crippen LogP contribution in [0.2, 0.25) is 0 Å². The monoisotopic (exact) mass is 298 g/mol. The van der Waals surface area contributed by atoms with E-state index in [1.165, 1.54) is 12.1 Å². The lowest BCUT2D eigenvalue weighted by molar-refractivity contribution is 0.103. The molecule has 0 amide bonds. The van der Waals surface area contributed by atoms with Crippen LogP contribution in [-0.2, 0) is 0 Å². The topological polar surface area (TPSA) is 57.5 Å². The second-order valence-electron chi connectivity index (χ2n) is 3.50. The molecule has 0 fully saturated rings. The molecule has 0 aromatic heterocycles. The van der Waals surface area contributed by atoms with E-state index in [0.29, 0.717) is 5.56 Å². The predicted octanol–water partition coefficient (Wildman–Crippen LogP) is 3.75. The molecule has 0 unspecified atom stereocenters. The summed E-state index contributed by atoms with van der Waals surface area (Å²) in [5.41, 5.74) is 0.687. The SMILES string of the molecule is ClCCl.O=C(c1ccccc1)c1ccc(O)cc1O. The largest absolute Gasteiger partial charge is 0.508 e. The van der Waals surface area contributed by atoms with E-state index in [1.807, 2.05) is 6.07 Å². The maximum Gasteiger partial charge on any atom is 0.196 e. The number of carbonyl (C=O) groups excluding carboxylic acids is 1. The van der Waals surface area contributed by atoms with Crippen LogP contribution in [0.4, 0.5) is 0 Å². The van der Waals surface area contributed by atoms with Gasteiger partial charge in [0.25, 0.3) is 0 Å². The van der Waals surface area contributed by atoms with Gasteiger partial charge in [-0.15, -0.1) is 23.2 Å². The van der Waals surface area contributed by atoms with Gasteiger partial charge in [0.15, 0.2) is 5.78 Å². The van der Waals surface area contributed by atoms with E-state index >= 15 is 0 Å². The Bertz CT molecular complexity index is 542. The van der Waals surface area contributed by atoms with Gasteiger partial charge in [-0.25, -0.2) is 0 Å². The Labute approximate surface area is 121 Å². The first-order chi connectivity index (χ1) is 9.10. The smallest absolute Gasteiger partial charge is 0.196 e. The molecule has 2 aromatic rings. The number of rotatable bonds is 2. The molecule has 0 atom stereocenters. The second-order valence-corrected chi connectivity index (χ2v) is 4.31. The maximum absolute atomic E-state index is 11.9. The first-order valence-electron chi connectivity index (χ1n) is 5.33. The standard InChI is InChI=1S/C13H10O3.CH2Cl2/c14-10-6-7-11(12(15)8-10)13(16)9-4-2-1-3-5-9;2-1-3/h1-8,14-15H;1H2. The third kappa shape index (κ3) is 4.47. The van der Waals surface area contributed by atoms with Crippen molar-refractivity contribution < 1.29 is 15.0 Å². The first kappa shape index (κ1) is 15.3. The third-order valence-corrected chi connectivity index (χ3v) is 2.26. The average Bonchev–Trinajstić information content (AvgIpc) is 2.40. The molecule has 0 heterocycles. The first-order valence-corrected chi connectivity index (χ1v) is 6.40.